The van der Waals surface area contributed by atoms with Gasteiger partial charge in [-0.1, -0.05) is 11.3 Å². The van der Waals surface area contributed by atoms with Crippen LogP contribution in [0.25, 0.3) is 0 Å². The Labute approximate surface area is 95.5 Å². The maximum atomic E-state index is 12.0. The molecule has 0 aliphatic heterocycles. The quantitative estimate of drug-likeness (QED) is 0.872. The summed E-state index contributed by atoms with van der Waals surface area (Å²) in [5.74, 6) is 0. The minimum atomic E-state index is -4.18. The molecule has 0 aliphatic carbocycles. The summed E-state index contributed by atoms with van der Waals surface area (Å²) in [6.07, 6.45) is -4.18. The molecule has 0 bridgehead atoms. The van der Waals surface area contributed by atoms with Crippen molar-refractivity contribution in [3.63, 3.8) is 0 Å². The van der Waals surface area contributed by atoms with E-state index in [4.69, 9.17) is 0 Å². The number of anilines is 1. The Morgan fingerprint density at radius 1 is 1.38 bits per heavy atom. The highest BCUT2D eigenvalue weighted by Crippen LogP contribution is 2.19. The van der Waals surface area contributed by atoms with E-state index in [1.165, 1.54) is 18.4 Å². The normalized spacial score (nSPS) is 12.1. The topological polar surface area (TPSA) is 41.1 Å². The third kappa shape index (κ3) is 4.75. The molecular weight excluding hydrogens is 241 g/mol. The Bertz CT molecular complexity index is 325. The van der Waals surface area contributed by atoms with Crippen molar-refractivity contribution in [2.24, 2.45) is 0 Å². The van der Waals surface area contributed by atoms with Crippen LogP contribution in [0, 0.1) is 0 Å². The second-order valence-electron chi connectivity index (χ2n) is 3.32. The summed E-state index contributed by atoms with van der Waals surface area (Å²) in [4.78, 5) is 1.16. The molecule has 16 heavy (non-hydrogen) atoms. The van der Waals surface area contributed by atoms with Gasteiger partial charge >= 0.3 is 6.18 Å². The van der Waals surface area contributed by atoms with E-state index < -0.39 is 12.7 Å². The fraction of sp³-hybridized carbons (Fsp3) is 0.750. The summed E-state index contributed by atoms with van der Waals surface area (Å²) < 4.78 is 36.1. The lowest BCUT2D eigenvalue weighted by atomic mass is 10.5. The van der Waals surface area contributed by atoms with Gasteiger partial charge in [-0.3, -0.25) is 4.90 Å². The largest absolute Gasteiger partial charge is 0.401 e. The molecule has 1 N–H and O–H groups in total. The minimum absolute atomic E-state index is 0.155. The van der Waals surface area contributed by atoms with Crippen LogP contribution in [0.2, 0.25) is 0 Å². The molecule has 0 fully saturated rings. The monoisotopic (exact) mass is 254 g/mol. The van der Waals surface area contributed by atoms with Gasteiger partial charge in [-0.2, -0.15) is 13.2 Å². The Kier molecular flexibility index (Phi) is 4.48. The van der Waals surface area contributed by atoms with Crippen LogP contribution < -0.4 is 5.32 Å². The van der Waals surface area contributed by atoms with Crippen molar-refractivity contribution in [2.75, 3.05) is 25.5 Å². The van der Waals surface area contributed by atoms with E-state index in [0.29, 0.717) is 16.7 Å². The van der Waals surface area contributed by atoms with Crippen LogP contribution in [0.1, 0.15) is 11.9 Å². The molecule has 0 saturated heterocycles. The van der Waals surface area contributed by atoms with Gasteiger partial charge in [-0.05, 0) is 14.0 Å². The van der Waals surface area contributed by atoms with Gasteiger partial charge < -0.3 is 5.32 Å². The van der Waals surface area contributed by atoms with E-state index in [0.717, 1.165) is 4.90 Å². The standard InChI is InChI=1S/C8H13F3N4S/c1-3-12-7-14-13-6(16-7)4-15(2)5-8(9,10)11/h3-5H2,1-2H3,(H,12,14). The van der Waals surface area contributed by atoms with Crippen LogP contribution in [0.3, 0.4) is 0 Å². The first-order chi connectivity index (χ1) is 7.40. The average Bonchev–Trinajstić information content (AvgIpc) is 2.49. The molecule has 1 aromatic rings. The number of alkyl halides is 3. The SMILES string of the molecule is CCNc1nnc(CN(C)CC(F)(F)F)s1. The Hall–Kier alpha value is -0.890. The first-order valence-corrected chi connectivity index (χ1v) is 5.54. The Morgan fingerprint density at radius 2 is 2.06 bits per heavy atom. The van der Waals surface area contributed by atoms with Gasteiger partial charge in [-0.25, -0.2) is 0 Å². The fourth-order valence-corrected chi connectivity index (χ4v) is 2.02. The van der Waals surface area contributed by atoms with Crippen molar-refractivity contribution in [3.05, 3.63) is 5.01 Å². The highest BCUT2D eigenvalue weighted by Gasteiger charge is 2.29. The van der Waals surface area contributed by atoms with Crippen molar-refractivity contribution >= 4 is 16.5 Å². The zero-order valence-corrected chi connectivity index (χ0v) is 9.82. The van der Waals surface area contributed by atoms with E-state index in [2.05, 4.69) is 15.5 Å². The molecule has 1 rings (SSSR count). The maximum Gasteiger partial charge on any atom is 0.401 e. The zero-order valence-electron chi connectivity index (χ0n) is 9.01. The molecule has 0 spiro atoms. The first kappa shape index (κ1) is 13.2. The molecule has 4 nitrogen and oxygen atoms in total. The number of hydrogen-bond donors (Lipinski definition) is 1. The van der Waals surface area contributed by atoms with Gasteiger partial charge in [-0.15, -0.1) is 10.2 Å². The van der Waals surface area contributed by atoms with Gasteiger partial charge in [0.2, 0.25) is 5.13 Å². The molecule has 92 valence electrons. The van der Waals surface area contributed by atoms with Crippen molar-refractivity contribution in [1.82, 2.24) is 15.1 Å². The predicted octanol–water partition coefficient (Wildman–Crippen LogP) is 1.96. The summed E-state index contributed by atoms with van der Waals surface area (Å²) in [7, 11) is 1.40. The third-order valence-corrected chi connectivity index (χ3v) is 2.51. The molecule has 8 heteroatoms. The van der Waals surface area contributed by atoms with E-state index in [1.54, 1.807) is 0 Å². The summed E-state index contributed by atoms with van der Waals surface area (Å²) in [6, 6.07) is 0. The second-order valence-corrected chi connectivity index (χ2v) is 4.38. The number of hydrogen-bond acceptors (Lipinski definition) is 5. The van der Waals surface area contributed by atoms with Gasteiger partial charge in [0, 0.05) is 6.54 Å². The van der Waals surface area contributed by atoms with E-state index in [1.807, 2.05) is 6.92 Å². The van der Waals surface area contributed by atoms with Crippen LogP contribution >= 0.6 is 11.3 Å². The Morgan fingerprint density at radius 3 is 2.62 bits per heavy atom. The van der Waals surface area contributed by atoms with Gasteiger partial charge in [0.15, 0.2) is 0 Å². The van der Waals surface area contributed by atoms with E-state index >= 15 is 0 Å². The lowest BCUT2D eigenvalue weighted by Crippen LogP contribution is -2.30. The van der Waals surface area contributed by atoms with Crippen LogP contribution in [0.15, 0.2) is 0 Å². The molecule has 0 aromatic carbocycles. The lowest BCUT2D eigenvalue weighted by molar-refractivity contribution is -0.144. The number of halogens is 3. The summed E-state index contributed by atoms with van der Waals surface area (Å²) in [5.41, 5.74) is 0. The number of aromatic nitrogens is 2. The molecule has 0 radical (unpaired) electrons. The molecule has 1 heterocycles. The summed E-state index contributed by atoms with van der Waals surface area (Å²) in [5, 5.41) is 11.8. The van der Waals surface area contributed by atoms with Crippen LogP contribution in [0.5, 0.6) is 0 Å². The third-order valence-electron chi connectivity index (χ3n) is 1.65. The minimum Gasteiger partial charge on any atom is -0.360 e. The molecule has 0 atom stereocenters. The van der Waals surface area contributed by atoms with Crippen LogP contribution in [-0.2, 0) is 6.54 Å². The van der Waals surface area contributed by atoms with Gasteiger partial charge in [0.1, 0.15) is 5.01 Å². The second kappa shape index (κ2) is 5.44. The number of rotatable bonds is 5. The Balaban J connectivity index is 2.46. The molecule has 0 amide bonds. The lowest BCUT2D eigenvalue weighted by Gasteiger charge is -2.16. The van der Waals surface area contributed by atoms with Crippen LogP contribution in [-0.4, -0.2) is 41.4 Å². The van der Waals surface area contributed by atoms with Crippen molar-refractivity contribution in [1.29, 1.82) is 0 Å². The van der Waals surface area contributed by atoms with Crippen molar-refractivity contribution < 1.29 is 13.2 Å². The van der Waals surface area contributed by atoms with Crippen LogP contribution in [0.4, 0.5) is 18.3 Å². The summed E-state index contributed by atoms with van der Waals surface area (Å²) in [6.45, 7) is 1.84. The van der Waals surface area contributed by atoms with E-state index in [-0.39, 0.29) is 6.54 Å². The molecular formula is C8H13F3N4S. The van der Waals surface area contributed by atoms with Crippen molar-refractivity contribution in [3.8, 4) is 0 Å². The maximum absolute atomic E-state index is 12.0. The smallest absolute Gasteiger partial charge is 0.360 e. The number of nitrogens with zero attached hydrogens (tertiary/aromatic N) is 3. The predicted molar refractivity (Wildman–Crippen MR) is 56.5 cm³/mol. The van der Waals surface area contributed by atoms with Gasteiger partial charge in [0.05, 0.1) is 13.1 Å². The zero-order chi connectivity index (χ0) is 12.2. The number of nitrogens with one attached hydrogen (secondary N) is 1. The first-order valence-electron chi connectivity index (χ1n) is 4.72. The summed E-state index contributed by atoms with van der Waals surface area (Å²) >= 11 is 1.27. The molecule has 1 aromatic heterocycles. The highest BCUT2D eigenvalue weighted by molar-refractivity contribution is 7.15. The van der Waals surface area contributed by atoms with E-state index in [9.17, 15) is 13.2 Å². The fourth-order valence-electron chi connectivity index (χ4n) is 1.13. The van der Waals surface area contributed by atoms with Gasteiger partial charge in [0.25, 0.3) is 0 Å². The molecule has 0 saturated carbocycles. The molecule has 0 aliphatic rings. The average molecular weight is 254 g/mol. The molecule has 0 unspecified atom stereocenters. The highest BCUT2D eigenvalue weighted by atomic mass is 32.1. The van der Waals surface area contributed by atoms with Crippen molar-refractivity contribution in [2.45, 2.75) is 19.6 Å².